The molecule has 11 aromatic rings. The topological polar surface area (TPSA) is 9.86 Å². The smallest absolute Gasteiger partial charge is 0.0619 e. The summed E-state index contributed by atoms with van der Waals surface area (Å²) in [5.74, 6) is 0. The molecule has 0 saturated heterocycles. The lowest BCUT2D eigenvalue weighted by Crippen LogP contribution is -1.95. The van der Waals surface area contributed by atoms with Gasteiger partial charge in [-0.1, -0.05) is 158 Å². The zero-order valence-corrected chi connectivity index (χ0v) is 30.5. The molecule has 9 aromatic carbocycles. The Morgan fingerprint density at radius 1 is 0.250 bits per heavy atom. The van der Waals surface area contributed by atoms with Gasteiger partial charge in [0.25, 0.3) is 0 Å². The summed E-state index contributed by atoms with van der Waals surface area (Å²) in [5, 5.41) is 5.05. The van der Waals surface area contributed by atoms with E-state index in [-0.39, 0.29) is 0 Å². The number of hydrogen-bond acceptors (Lipinski definition) is 0. The van der Waals surface area contributed by atoms with Crippen molar-refractivity contribution in [2.24, 2.45) is 0 Å². The summed E-state index contributed by atoms with van der Waals surface area (Å²) in [6.07, 6.45) is 0. The van der Waals surface area contributed by atoms with Crippen LogP contribution < -0.4 is 0 Å². The molecule has 56 heavy (non-hydrogen) atoms. The van der Waals surface area contributed by atoms with Crippen LogP contribution in [0.4, 0.5) is 0 Å². The minimum Gasteiger partial charge on any atom is -0.309 e. The van der Waals surface area contributed by atoms with Gasteiger partial charge in [0.05, 0.1) is 27.8 Å². The number of fused-ring (bicyclic) bond motifs is 11. The minimum atomic E-state index is 1.15. The lowest BCUT2D eigenvalue weighted by Gasteiger charge is -2.12. The Balaban J connectivity index is 0.995. The molecule has 0 N–H and O–H groups in total. The molecule has 0 amide bonds. The average molecular weight is 711 g/mol. The van der Waals surface area contributed by atoms with E-state index in [2.05, 4.69) is 215 Å². The molecule has 1 aliphatic rings. The summed E-state index contributed by atoms with van der Waals surface area (Å²) < 4.78 is 4.91. The van der Waals surface area contributed by atoms with Crippen molar-refractivity contribution in [1.29, 1.82) is 0 Å². The highest BCUT2D eigenvalue weighted by Crippen LogP contribution is 2.47. The van der Waals surface area contributed by atoms with Crippen LogP contribution in [0.2, 0.25) is 0 Å². The van der Waals surface area contributed by atoms with Crippen molar-refractivity contribution in [1.82, 2.24) is 9.13 Å². The Labute approximate surface area is 324 Å². The Morgan fingerprint density at radius 3 is 1.52 bits per heavy atom. The van der Waals surface area contributed by atoms with Crippen molar-refractivity contribution in [3.8, 4) is 67.0 Å². The van der Waals surface area contributed by atoms with Crippen LogP contribution >= 0.6 is 0 Å². The van der Waals surface area contributed by atoms with E-state index >= 15 is 0 Å². The summed E-state index contributed by atoms with van der Waals surface area (Å²) >= 11 is 0. The first-order valence-corrected chi connectivity index (χ1v) is 19.3. The van der Waals surface area contributed by atoms with E-state index in [0.717, 1.165) is 5.69 Å². The highest BCUT2D eigenvalue weighted by molar-refractivity contribution is 6.17. The average Bonchev–Trinajstić information content (AvgIpc) is 3.75. The summed E-state index contributed by atoms with van der Waals surface area (Å²) in [4.78, 5) is 0. The molecule has 0 saturated carbocycles. The molecule has 1 aliphatic heterocycles. The number of nitrogens with zero attached hydrogens (tertiary/aromatic N) is 2. The molecular formula is C54H34N2. The van der Waals surface area contributed by atoms with E-state index in [1.807, 2.05) is 0 Å². The lowest BCUT2D eigenvalue weighted by molar-refractivity contribution is 1.18. The molecule has 0 radical (unpaired) electrons. The summed E-state index contributed by atoms with van der Waals surface area (Å²) in [6, 6.07) is 75.7. The number of rotatable bonds is 4. The fraction of sp³-hybridized carbons (Fsp3) is 0. The molecule has 2 heteroatoms. The van der Waals surface area contributed by atoms with Gasteiger partial charge < -0.3 is 9.13 Å². The predicted octanol–water partition coefficient (Wildman–Crippen LogP) is 14.5. The molecule has 2 nitrogen and oxygen atoms in total. The van der Waals surface area contributed by atoms with Crippen molar-refractivity contribution >= 4 is 43.6 Å². The minimum absolute atomic E-state index is 1.15. The van der Waals surface area contributed by atoms with Gasteiger partial charge >= 0.3 is 0 Å². The number of hydrogen-bond donors (Lipinski definition) is 0. The van der Waals surface area contributed by atoms with Crippen LogP contribution in [0.3, 0.4) is 0 Å². The Bertz CT molecular complexity index is 3340. The van der Waals surface area contributed by atoms with Gasteiger partial charge in [-0.05, 0) is 93.0 Å². The van der Waals surface area contributed by atoms with Crippen molar-refractivity contribution in [2.45, 2.75) is 0 Å². The third-order valence-corrected chi connectivity index (χ3v) is 11.9. The normalized spacial score (nSPS) is 11.9. The van der Waals surface area contributed by atoms with Crippen LogP contribution in [0, 0.1) is 0 Å². The Kier molecular flexibility index (Phi) is 6.66. The van der Waals surface area contributed by atoms with Gasteiger partial charge in [0.1, 0.15) is 0 Å². The quantitative estimate of drug-likeness (QED) is 0.172. The maximum absolute atomic E-state index is 2.49. The predicted molar refractivity (Wildman–Crippen MR) is 236 cm³/mol. The van der Waals surface area contributed by atoms with E-state index in [1.54, 1.807) is 0 Å². The van der Waals surface area contributed by atoms with Gasteiger partial charge in [0, 0.05) is 38.4 Å². The van der Waals surface area contributed by atoms with E-state index in [9.17, 15) is 0 Å². The first-order valence-electron chi connectivity index (χ1n) is 19.3. The molecule has 0 atom stereocenters. The van der Waals surface area contributed by atoms with E-state index < -0.39 is 0 Å². The van der Waals surface area contributed by atoms with Crippen molar-refractivity contribution in [3.63, 3.8) is 0 Å². The highest BCUT2D eigenvalue weighted by Gasteiger charge is 2.24. The molecule has 0 spiro atoms. The maximum Gasteiger partial charge on any atom is 0.0619 e. The number of aromatic nitrogens is 2. The zero-order chi connectivity index (χ0) is 36.7. The number of para-hydroxylation sites is 3. The van der Waals surface area contributed by atoms with Gasteiger partial charge in [-0.3, -0.25) is 0 Å². The summed E-state index contributed by atoms with van der Waals surface area (Å²) in [7, 11) is 0. The molecule has 0 unspecified atom stereocenters. The standard InChI is InChI=1S/C54H34N2/c1-2-12-35(13-3-1)36-24-26-37(27-25-36)38-14-10-15-41(32-38)55-50-22-8-7-19-45(50)48-33-39(28-30-52(48)55)40-29-31-53-49(34-40)47-21-11-20-46-43-17-5-4-16-42(43)44-18-6-9-23-51(44)56(53)54(46)47/h1-34H. The first-order chi connectivity index (χ1) is 27.8. The Hall–Kier alpha value is -7.42. The third-order valence-electron chi connectivity index (χ3n) is 11.9. The third kappa shape index (κ3) is 4.57. The van der Waals surface area contributed by atoms with Gasteiger partial charge in [0.2, 0.25) is 0 Å². The molecule has 3 heterocycles. The second kappa shape index (κ2) is 12.0. The fourth-order valence-corrected chi connectivity index (χ4v) is 9.31. The first kappa shape index (κ1) is 31.0. The molecule has 260 valence electrons. The molecule has 2 aromatic heterocycles. The molecule has 0 fully saturated rings. The van der Waals surface area contributed by atoms with Crippen LogP contribution in [-0.2, 0) is 0 Å². The van der Waals surface area contributed by atoms with E-state index in [0.29, 0.717) is 0 Å². The summed E-state index contributed by atoms with van der Waals surface area (Å²) in [5.41, 5.74) is 19.7. The maximum atomic E-state index is 2.49. The molecular weight excluding hydrogens is 677 g/mol. The van der Waals surface area contributed by atoms with Crippen LogP contribution in [0.1, 0.15) is 0 Å². The SMILES string of the molecule is c1ccc(-c2ccc(-c3cccc(-n4c5ccccc5c5cc(-c6ccc7c(c6)c6cccc8c6n7-c6ccccc6-c6ccccc6-8)ccc54)c3)cc2)cc1. The van der Waals surface area contributed by atoms with E-state index in [1.165, 1.54) is 105 Å². The number of benzene rings is 9. The second-order valence-electron chi connectivity index (χ2n) is 14.9. The molecule has 0 aliphatic carbocycles. The monoisotopic (exact) mass is 710 g/mol. The second-order valence-corrected chi connectivity index (χ2v) is 14.9. The van der Waals surface area contributed by atoms with Crippen molar-refractivity contribution < 1.29 is 0 Å². The van der Waals surface area contributed by atoms with Crippen molar-refractivity contribution in [2.75, 3.05) is 0 Å². The van der Waals surface area contributed by atoms with Gasteiger partial charge in [-0.15, -0.1) is 0 Å². The van der Waals surface area contributed by atoms with Gasteiger partial charge in [0.15, 0.2) is 0 Å². The lowest BCUT2D eigenvalue weighted by atomic mass is 9.93. The molecule has 0 bridgehead atoms. The summed E-state index contributed by atoms with van der Waals surface area (Å²) in [6.45, 7) is 0. The Morgan fingerprint density at radius 2 is 0.732 bits per heavy atom. The van der Waals surface area contributed by atoms with Gasteiger partial charge in [-0.25, -0.2) is 0 Å². The fourth-order valence-electron chi connectivity index (χ4n) is 9.31. The zero-order valence-electron chi connectivity index (χ0n) is 30.5. The van der Waals surface area contributed by atoms with Gasteiger partial charge in [-0.2, -0.15) is 0 Å². The van der Waals surface area contributed by atoms with Crippen LogP contribution in [0.5, 0.6) is 0 Å². The highest BCUT2D eigenvalue weighted by atomic mass is 15.0. The van der Waals surface area contributed by atoms with Crippen LogP contribution in [-0.4, -0.2) is 9.13 Å². The largest absolute Gasteiger partial charge is 0.309 e. The van der Waals surface area contributed by atoms with Crippen LogP contribution in [0.15, 0.2) is 206 Å². The van der Waals surface area contributed by atoms with Crippen LogP contribution in [0.25, 0.3) is 111 Å². The van der Waals surface area contributed by atoms with Crippen molar-refractivity contribution in [3.05, 3.63) is 206 Å². The van der Waals surface area contributed by atoms with E-state index in [4.69, 9.17) is 0 Å². The molecule has 12 rings (SSSR count).